The Morgan fingerprint density at radius 2 is 1.92 bits per heavy atom. The van der Waals surface area contributed by atoms with Crippen LogP contribution >= 0.6 is 23.2 Å². The van der Waals surface area contributed by atoms with E-state index in [9.17, 15) is 0 Å². The molecule has 0 aromatic heterocycles. The van der Waals surface area contributed by atoms with E-state index in [0.29, 0.717) is 10.0 Å². The van der Waals surface area contributed by atoms with Crippen LogP contribution in [0.15, 0.2) is 23.2 Å². The second-order valence-corrected chi connectivity index (χ2v) is 3.25. The van der Waals surface area contributed by atoms with Crippen LogP contribution in [-0.2, 0) is 0 Å². The van der Waals surface area contributed by atoms with E-state index in [0.717, 1.165) is 11.3 Å². The van der Waals surface area contributed by atoms with E-state index in [-0.39, 0.29) is 0 Å². The summed E-state index contributed by atoms with van der Waals surface area (Å²) in [7, 11) is 1.75. The van der Waals surface area contributed by atoms with Crippen LogP contribution in [0, 0.1) is 0 Å². The Morgan fingerprint density at radius 3 is 2.42 bits per heavy atom. The van der Waals surface area contributed by atoms with Gasteiger partial charge >= 0.3 is 0 Å². The highest BCUT2D eigenvalue weighted by molar-refractivity contribution is 6.42. The van der Waals surface area contributed by atoms with E-state index in [1.54, 1.807) is 13.1 Å². The van der Waals surface area contributed by atoms with Crippen LogP contribution in [0.2, 0.25) is 10.0 Å². The van der Waals surface area contributed by atoms with Crippen molar-refractivity contribution in [3.8, 4) is 0 Å². The molecule has 1 rings (SSSR count). The summed E-state index contributed by atoms with van der Waals surface area (Å²) in [6, 6.07) is 5.48. The van der Waals surface area contributed by atoms with Gasteiger partial charge in [0.1, 0.15) is 0 Å². The Labute approximate surface area is 82.0 Å². The molecule has 64 valence electrons. The van der Waals surface area contributed by atoms with E-state index in [4.69, 9.17) is 23.2 Å². The standard InChI is InChI=1S/C9H9Cl2N/c1-6(12-2)7-3-4-8(10)9(11)5-7/h3-5H,1-2H3. The topological polar surface area (TPSA) is 12.4 Å². The van der Waals surface area contributed by atoms with Crippen LogP contribution in [0.4, 0.5) is 0 Å². The zero-order chi connectivity index (χ0) is 9.14. The van der Waals surface area contributed by atoms with Crippen molar-refractivity contribution >= 4 is 28.9 Å². The monoisotopic (exact) mass is 201 g/mol. The van der Waals surface area contributed by atoms with Gasteiger partial charge in [0.25, 0.3) is 0 Å². The molecule has 0 heterocycles. The van der Waals surface area contributed by atoms with E-state index in [2.05, 4.69) is 4.99 Å². The zero-order valence-corrected chi connectivity index (χ0v) is 8.45. The minimum absolute atomic E-state index is 0.567. The molecule has 3 heteroatoms. The lowest BCUT2D eigenvalue weighted by Gasteiger charge is -2.00. The van der Waals surface area contributed by atoms with E-state index >= 15 is 0 Å². The predicted octanol–water partition coefficient (Wildman–Crippen LogP) is 3.43. The first-order chi connectivity index (χ1) is 5.65. The maximum atomic E-state index is 5.83. The summed E-state index contributed by atoms with van der Waals surface area (Å²) >= 11 is 11.6. The Hall–Kier alpha value is -0.530. The number of nitrogens with zero attached hydrogens (tertiary/aromatic N) is 1. The van der Waals surface area contributed by atoms with Crippen molar-refractivity contribution in [3.63, 3.8) is 0 Å². The third-order valence-electron chi connectivity index (χ3n) is 1.67. The summed E-state index contributed by atoms with van der Waals surface area (Å²) in [6.45, 7) is 1.93. The lowest BCUT2D eigenvalue weighted by Crippen LogP contribution is -1.93. The fourth-order valence-electron chi connectivity index (χ4n) is 0.850. The first-order valence-electron chi connectivity index (χ1n) is 3.54. The summed E-state index contributed by atoms with van der Waals surface area (Å²) in [4.78, 5) is 4.04. The van der Waals surface area contributed by atoms with Crippen LogP contribution in [0.25, 0.3) is 0 Å². The molecule has 0 atom stereocenters. The predicted molar refractivity (Wildman–Crippen MR) is 54.6 cm³/mol. The Kier molecular flexibility index (Phi) is 3.12. The zero-order valence-electron chi connectivity index (χ0n) is 6.94. The first-order valence-corrected chi connectivity index (χ1v) is 4.29. The fourth-order valence-corrected chi connectivity index (χ4v) is 1.15. The molecule has 0 amide bonds. The molecular weight excluding hydrogens is 193 g/mol. The van der Waals surface area contributed by atoms with Gasteiger partial charge in [-0.2, -0.15) is 0 Å². The third-order valence-corrected chi connectivity index (χ3v) is 2.41. The van der Waals surface area contributed by atoms with E-state index in [1.807, 2.05) is 19.1 Å². The van der Waals surface area contributed by atoms with Crippen LogP contribution in [0.1, 0.15) is 12.5 Å². The van der Waals surface area contributed by atoms with Gasteiger partial charge in [0.2, 0.25) is 0 Å². The number of hydrogen-bond donors (Lipinski definition) is 0. The quantitative estimate of drug-likeness (QED) is 0.618. The van der Waals surface area contributed by atoms with Crippen molar-refractivity contribution in [1.29, 1.82) is 0 Å². The van der Waals surface area contributed by atoms with Gasteiger partial charge in [-0.15, -0.1) is 0 Å². The number of halogens is 2. The molecule has 0 bridgehead atoms. The molecule has 0 aliphatic rings. The number of rotatable bonds is 1. The molecule has 1 aromatic rings. The summed E-state index contributed by atoms with van der Waals surface area (Å²) in [6.07, 6.45) is 0. The molecule has 0 N–H and O–H groups in total. The molecule has 0 aliphatic heterocycles. The van der Waals surface area contributed by atoms with Crippen LogP contribution in [0.3, 0.4) is 0 Å². The average Bonchev–Trinajstić information content (AvgIpc) is 2.08. The highest BCUT2D eigenvalue weighted by atomic mass is 35.5. The van der Waals surface area contributed by atoms with Gasteiger partial charge in [0.15, 0.2) is 0 Å². The maximum absolute atomic E-state index is 5.83. The van der Waals surface area contributed by atoms with Gasteiger partial charge < -0.3 is 0 Å². The summed E-state index contributed by atoms with van der Waals surface area (Å²) < 4.78 is 0. The minimum atomic E-state index is 0.567. The molecule has 12 heavy (non-hydrogen) atoms. The van der Waals surface area contributed by atoms with Crippen molar-refractivity contribution in [2.24, 2.45) is 4.99 Å². The SMILES string of the molecule is CN=C(C)c1ccc(Cl)c(Cl)c1. The van der Waals surface area contributed by atoms with Crippen molar-refractivity contribution in [1.82, 2.24) is 0 Å². The maximum Gasteiger partial charge on any atom is 0.0598 e. The molecule has 0 unspecified atom stereocenters. The smallest absolute Gasteiger partial charge is 0.0598 e. The Balaban J connectivity index is 3.13. The van der Waals surface area contributed by atoms with Gasteiger partial charge in [-0.25, -0.2) is 0 Å². The highest BCUT2D eigenvalue weighted by Gasteiger charge is 2.00. The molecule has 0 spiro atoms. The Bertz CT molecular complexity index is 318. The highest BCUT2D eigenvalue weighted by Crippen LogP contribution is 2.22. The van der Waals surface area contributed by atoms with Gasteiger partial charge in [0.05, 0.1) is 10.0 Å². The van der Waals surface area contributed by atoms with Crippen molar-refractivity contribution in [2.45, 2.75) is 6.92 Å². The third kappa shape index (κ3) is 1.99. The van der Waals surface area contributed by atoms with Crippen LogP contribution in [0.5, 0.6) is 0 Å². The largest absolute Gasteiger partial charge is 0.293 e. The summed E-state index contributed by atoms with van der Waals surface area (Å²) in [5, 5.41) is 1.14. The first kappa shape index (κ1) is 9.56. The molecule has 1 nitrogen and oxygen atoms in total. The van der Waals surface area contributed by atoms with Gasteiger partial charge in [-0.05, 0) is 24.6 Å². The Morgan fingerprint density at radius 1 is 1.25 bits per heavy atom. The molecule has 0 fully saturated rings. The fraction of sp³-hybridized carbons (Fsp3) is 0.222. The lowest BCUT2D eigenvalue weighted by atomic mass is 10.1. The second-order valence-electron chi connectivity index (χ2n) is 2.44. The molecule has 1 aromatic carbocycles. The molecule has 0 radical (unpaired) electrons. The van der Waals surface area contributed by atoms with Crippen LogP contribution in [-0.4, -0.2) is 12.8 Å². The minimum Gasteiger partial charge on any atom is -0.293 e. The van der Waals surface area contributed by atoms with E-state index < -0.39 is 0 Å². The van der Waals surface area contributed by atoms with Crippen molar-refractivity contribution in [2.75, 3.05) is 7.05 Å². The summed E-state index contributed by atoms with van der Waals surface area (Å²) in [5.74, 6) is 0. The van der Waals surface area contributed by atoms with Gasteiger partial charge in [-0.1, -0.05) is 29.3 Å². The molecule has 0 saturated heterocycles. The molecule has 0 aliphatic carbocycles. The normalized spacial score (nSPS) is 11.8. The summed E-state index contributed by atoms with van der Waals surface area (Å²) in [5.41, 5.74) is 1.96. The van der Waals surface area contributed by atoms with Crippen molar-refractivity contribution in [3.05, 3.63) is 33.8 Å². The van der Waals surface area contributed by atoms with E-state index in [1.165, 1.54) is 0 Å². The van der Waals surface area contributed by atoms with Gasteiger partial charge in [0, 0.05) is 12.8 Å². The van der Waals surface area contributed by atoms with Crippen LogP contribution < -0.4 is 0 Å². The molecular formula is C9H9Cl2N. The number of hydrogen-bond acceptors (Lipinski definition) is 1. The number of aliphatic imine (C=N–C) groups is 1. The molecule has 0 saturated carbocycles. The van der Waals surface area contributed by atoms with Crippen molar-refractivity contribution < 1.29 is 0 Å². The van der Waals surface area contributed by atoms with Gasteiger partial charge in [-0.3, -0.25) is 4.99 Å². The second kappa shape index (κ2) is 3.92. The average molecular weight is 202 g/mol. The lowest BCUT2D eigenvalue weighted by molar-refractivity contribution is 1.41. The number of benzene rings is 1.